The number of aromatic nitrogens is 2. The van der Waals surface area contributed by atoms with Crippen molar-refractivity contribution in [2.75, 3.05) is 23.7 Å². The summed E-state index contributed by atoms with van der Waals surface area (Å²) in [6.45, 7) is 3.90. The molecule has 4 N–H and O–H groups in total. The second-order valence-electron chi connectivity index (χ2n) is 8.84. The molecule has 1 aliphatic heterocycles. The number of furan rings is 1. The number of nitrogen functional groups attached to an aromatic ring is 1. The van der Waals surface area contributed by atoms with E-state index in [1.54, 1.807) is 12.4 Å². The molecule has 1 aliphatic carbocycles. The summed E-state index contributed by atoms with van der Waals surface area (Å²) in [5, 5.41) is 0. The van der Waals surface area contributed by atoms with E-state index < -0.39 is 0 Å². The molecule has 0 spiro atoms. The van der Waals surface area contributed by atoms with Gasteiger partial charge in [-0.05, 0) is 48.8 Å². The fraction of sp³-hybridized carbons (Fsp3) is 0.435. The van der Waals surface area contributed by atoms with E-state index in [1.165, 1.54) is 12.8 Å². The van der Waals surface area contributed by atoms with Crippen molar-refractivity contribution >= 4 is 28.5 Å². The zero-order chi connectivity index (χ0) is 20.8. The van der Waals surface area contributed by atoms with Crippen molar-refractivity contribution in [3.8, 4) is 0 Å². The predicted molar refractivity (Wildman–Crippen MR) is 117 cm³/mol. The summed E-state index contributed by atoms with van der Waals surface area (Å²) in [4.78, 5) is 24.3. The van der Waals surface area contributed by atoms with Gasteiger partial charge in [-0.1, -0.05) is 6.92 Å². The molecule has 1 saturated heterocycles. The number of anilines is 2. The van der Waals surface area contributed by atoms with E-state index in [4.69, 9.17) is 15.9 Å². The summed E-state index contributed by atoms with van der Waals surface area (Å²) in [7, 11) is 0. The Balaban J connectivity index is 1.44. The number of nitrogens with zero attached hydrogens (tertiary/aromatic N) is 3. The Labute approximate surface area is 175 Å². The average Bonchev–Trinajstić information content (AvgIpc) is 3.49. The van der Waals surface area contributed by atoms with Gasteiger partial charge in [-0.2, -0.15) is 0 Å². The number of rotatable bonds is 5. The molecule has 2 aliphatic rings. The normalized spacial score (nSPS) is 21.9. The quantitative estimate of drug-likeness (QED) is 0.627. The van der Waals surface area contributed by atoms with E-state index in [1.807, 2.05) is 18.3 Å². The van der Waals surface area contributed by atoms with Crippen molar-refractivity contribution in [1.82, 2.24) is 9.97 Å². The third kappa shape index (κ3) is 3.54. The van der Waals surface area contributed by atoms with Crippen LogP contribution < -0.4 is 16.4 Å². The molecule has 0 bridgehead atoms. The van der Waals surface area contributed by atoms with Crippen LogP contribution in [0.2, 0.25) is 0 Å². The van der Waals surface area contributed by atoms with Gasteiger partial charge >= 0.3 is 0 Å². The van der Waals surface area contributed by atoms with Crippen LogP contribution in [0.1, 0.15) is 53.6 Å². The van der Waals surface area contributed by atoms with Crippen LogP contribution in [0, 0.1) is 5.92 Å². The molecule has 7 heteroatoms. The van der Waals surface area contributed by atoms with Crippen molar-refractivity contribution in [3.05, 3.63) is 47.4 Å². The molecule has 3 aromatic heterocycles. The number of nitrogens with two attached hydrogens (primary N) is 2. The van der Waals surface area contributed by atoms with Gasteiger partial charge in [-0.25, -0.2) is 0 Å². The van der Waals surface area contributed by atoms with Gasteiger partial charge in [0, 0.05) is 55.4 Å². The van der Waals surface area contributed by atoms with E-state index in [2.05, 4.69) is 21.8 Å². The number of Topliss-reactive ketones (excluding diaryl/α,β-unsaturated/α-hetero) is 1. The fourth-order valence-electron chi connectivity index (χ4n) is 4.64. The van der Waals surface area contributed by atoms with Gasteiger partial charge in [-0.15, -0.1) is 0 Å². The number of piperidine rings is 1. The maximum Gasteiger partial charge on any atom is 0.204 e. The Morgan fingerprint density at radius 2 is 2.13 bits per heavy atom. The lowest BCUT2D eigenvalue weighted by Crippen LogP contribution is -2.46. The average molecular weight is 406 g/mol. The predicted octanol–water partition coefficient (Wildman–Crippen LogP) is 3.28. The first kappa shape index (κ1) is 19.1. The highest BCUT2D eigenvalue weighted by atomic mass is 16.3. The first-order valence-electron chi connectivity index (χ1n) is 10.6. The number of carbonyl (C=O) groups is 1. The third-order valence-electron chi connectivity index (χ3n) is 6.17. The van der Waals surface area contributed by atoms with Gasteiger partial charge in [0.15, 0.2) is 11.4 Å². The molecule has 0 unspecified atom stereocenters. The Morgan fingerprint density at radius 1 is 1.30 bits per heavy atom. The summed E-state index contributed by atoms with van der Waals surface area (Å²) in [6.07, 6.45) is 8.93. The Kier molecular flexibility index (Phi) is 4.70. The molecule has 0 amide bonds. The molecule has 30 heavy (non-hydrogen) atoms. The lowest BCUT2D eigenvalue weighted by molar-refractivity contribution is 0.0994. The number of fused-ring (bicyclic) bond motifs is 1. The minimum Gasteiger partial charge on any atom is -0.438 e. The minimum absolute atomic E-state index is 0.110. The maximum absolute atomic E-state index is 13.3. The molecule has 0 aromatic carbocycles. The highest BCUT2D eigenvalue weighted by Crippen LogP contribution is 2.41. The van der Waals surface area contributed by atoms with Crippen LogP contribution in [0.25, 0.3) is 11.1 Å². The molecule has 3 aromatic rings. The molecule has 7 nitrogen and oxygen atoms in total. The SMILES string of the molecule is C[C@@H]1C[C@H](N)CN(c2ccncc2CC(=O)c2c(N)oc3cc(C4CC4)cnc23)C1. The number of ketones is 1. The highest BCUT2D eigenvalue weighted by molar-refractivity contribution is 6.10. The van der Waals surface area contributed by atoms with Gasteiger partial charge in [0.25, 0.3) is 0 Å². The monoisotopic (exact) mass is 405 g/mol. The topological polar surface area (TPSA) is 111 Å². The Bertz CT molecular complexity index is 1090. The molecule has 156 valence electrons. The van der Waals surface area contributed by atoms with Gasteiger partial charge in [0.1, 0.15) is 11.1 Å². The maximum atomic E-state index is 13.3. The van der Waals surface area contributed by atoms with Crippen LogP contribution in [-0.2, 0) is 6.42 Å². The minimum atomic E-state index is -0.110. The van der Waals surface area contributed by atoms with Crippen molar-refractivity contribution in [2.45, 2.75) is 44.6 Å². The molecule has 2 fully saturated rings. The smallest absolute Gasteiger partial charge is 0.204 e. The lowest BCUT2D eigenvalue weighted by atomic mass is 9.95. The number of pyridine rings is 2. The van der Waals surface area contributed by atoms with E-state index >= 15 is 0 Å². The first-order chi connectivity index (χ1) is 14.5. The van der Waals surface area contributed by atoms with Crippen molar-refractivity contribution < 1.29 is 9.21 Å². The molecular weight excluding hydrogens is 378 g/mol. The van der Waals surface area contributed by atoms with Gasteiger partial charge in [-0.3, -0.25) is 14.8 Å². The van der Waals surface area contributed by atoms with Crippen LogP contribution in [0.4, 0.5) is 11.6 Å². The number of carbonyl (C=O) groups excluding carboxylic acids is 1. The van der Waals surface area contributed by atoms with E-state index in [9.17, 15) is 4.79 Å². The largest absolute Gasteiger partial charge is 0.438 e. The van der Waals surface area contributed by atoms with E-state index in [0.29, 0.717) is 28.5 Å². The zero-order valence-corrected chi connectivity index (χ0v) is 17.2. The fourth-order valence-corrected chi connectivity index (χ4v) is 4.64. The molecule has 0 radical (unpaired) electrons. The van der Waals surface area contributed by atoms with E-state index in [-0.39, 0.29) is 24.1 Å². The summed E-state index contributed by atoms with van der Waals surface area (Å²) < 4.78 is 5.70. The van der Waals surface area contributed by atoms with Gasteiger partial charge < -0.3 is 20.8 Å². The van der Waals surface area contributed by atoms with Crippen LogP contribution in [0.3, 0.4) is 0 Å². The Morgan fingerprint density at radius 3 is 2.90 bits per heavy atom. The summed E-state index contributed by atoms with van der Waals surface area (Å²) in [5.74, 6) is 1.09. The number of hydrogen-bond donors (Lipinski definition) is 2. The van der Waals surface area contributed by atoms with Crippen molar-refractivity contribution in [1.29, 1.82) is 0 Å². The van der Waals surface area contributed by atoms with Crippen LogP contribution in [0.15, 0.2) is 35.1 Å². The highest BCUT2D eigenvalue weighted by Gasteiger charge is 2.28. The first-order valence-corrected chi connectivity index (χ1v) is 10.6. The molecule has 2 atom stereocenters. The Hall–Kier alpha value is -2.93. The molecule has 1 saturated carbocycles. The van der Waals surface area contributed by atoms with Crippen LogP contribution in [-0.4, -0.2) is 34.9 Å². The van der Waals surface area contributed by atoms with E-state index in [0.717, 1.165) is 36.3 Å². The lowest BCUT2D eigenvalue weighted by Gasteiger charge is -2.37. The zero-order valence-electron chi connectivity index (χ0n) is 17.2. The second kappa shape index (κ2) is 7.40. The van der Waals surface area contributed by atoms with Crippen molar-refractivity contribution in [2.24, 2.45) is 11.7 Å². The summed E-state index contributed by atoms with van der Waals surface area (Å²) in [5.41, 5.74) is 16.9. The molecule has 5 rings (SSSR count). The molecule has 4 heterocycles. The van der Waals surface area contributed by atoms with Crippen LogP contribution in [0.5, 0.6) is 0 Å². The third-order valence-corrected chi connectivity index (χ3v) is 6.17. The summed E-state index contributed by atoms with van der Waals surface area (Å²) >= 11 is 0. The molecular formula is C23H27N5O2. The standard InChI is InChI=1S/C23H27N5O2/c1-13-6-17(24)12-28(11-13)18-4-5-26-9-16(18)7-19(29)21-22-20(30-23(21)25)8-15(10-27-22)14-2-3-14/h4-5,8-10,13-14,17H,2-3,6-7,11-12,24-25H2,1H3/t13-,17+/m1/s1. The summed E-state index contributed by atoms with van der Waals surface area (Å²) in [6, 6.07) is 4.06. The van der Waals surface area contributed by atoms with Crippen LogP contribution >= 0.6 is 0 Å². The van der Waals surface area contributed by atoms with Gasteiger partial charge in [0.2, 0.25) is 5.88 Å². The second-order valence-corrected chi connectivity index (χ2v) is 8.84. The number of hydrogen-bond acceptors (Lipinski definition) is 7. The van der Waals surface area contributed by atoms with Gasteiger partial charge in [0.05, 0.1) is 0 Å². The van der Waals surface area contributed by atoms with Crippen molar-refractivity contribution in [3.63, 3.8) is 0 Å².